The molecule has 4 rings (SSSR count). The standard InChI is InChI=1S/C22H31N5O4/c1-14-11-18(15(2)27(14)9-10-30-4)22(29)26-12-17(13-26)20-23-19(24-31-20)7-8-25(3)21(28)16-5-6-16/h11,16-17H,5-10,12-13H2,1-4H3. The molecule has 0 bridgehead atoms. The molecule has 0 unspecified atom stereocenters. The maximum atomic E-state index is 12.9. The van der Waals surface area contributed by atoms with Crippen LogP contribution in [0.1, 0.15) is 52.2 Å². The van der Waals surface area contributed by atoms with E-state index in [0.717, 1.165) is 36.3 Å². The Morgan fingerprint density at radius 2 is 2.03 bits per heavy atom. The second kappa shape index (κ2) is 8.82. The lowest BCUT2D eigenvalue weighted by Crippen LogP contribution is -2.48. The number of likely N-dealkylation sites (N-methyl/N-ethyl adjacent to an activating group) is 1. The molecule has 1 aliphatic heterocycles. The number of rotatable bonds is 9. The van der Waals surface area contributed by atoms with Gasteiger partial charge in [-0.1, -0.05) is 5.16 Å². The third-order valence-electron chi connectivity index (χ3n) is 6.30. The van der Waals surface area contributed by atoms with Crippen LogP contribution in [0.5, 0.6) is 0 Å². The molecule has 31 heavy (non-hydrogen) atoms. The van der Waals surface area contributed by atoms with Crippen LogP contribution in [-0.4, -0.2) is 76.7 Å². The summed E-state index contributed by atoms with van der Waals surface area (Å²) in [5, 5.41) is 4.05. The largest absolute Gasteiger partial charge is 0.383 e. The van der Waals surface area contributed by atoms with Crippen LogP contribution in [0.2, 0.25) is 0 Å². The van der Waals surface area contributed by atoms with Gasteiger partial charge in [-0.15, -0.1) is 0 Å². The van der Waals surface area contributed by atoms with Crippen LogP contribution in [-0.2, 0) is 22.5 Å². The highest BCUT2D eigenvalue weighted by Gasteiger charge is 2.37. The molecule has 1 saturated carbocycles. The fourth-order valence-electron chi connectivity index (χ4n) is 4.07. The highest BCUT2D eigenvalue weighted by atomic mass is 16.5. The molecule has 0 N–H and O–H groups in total. The molecule has 9 heteroatoms. The summed E-state index contributed by atoms with van der Waals surface area (Å²) in [5.74, 6) is 1.70. The van der Waals surface area contributed by atoms with Gasteiger partial charge in [0, 0.05) is 64.1 Å². The van der Waals surface area contributed by atoms with Crippen LogP contribution in [0.3, 0.4) is 0 Å². The van der Waals surface area contributed by atoms with Crippen molar-refractivity contribution in [1.29, 1.82) is 0 Å². The van der Waals surface area contributed by atoms with Gasteiger partial charge in [0.15, 0.2) is 5.82 Å². The van der Waals surface area contributed by atoms with Crippen molar-refractivity contribution in [1.82, 2.24) is 24.5 Å². The highest BCUT2D eigenvalue weighted by Crippen LogP contribution is 2.31. The van der Waals surface area contributed by atoms with E-state index in [0.29, 0.717) is 44.4 Å². The van der Waals surface area contributed by atoms with Crippen LogP contribution in [0, 0.1) is 19.8 Å². The molecular weight excluding hydrogens is 398 g/mol. The van der Waals surface area contributed by atoms with Gasteiger partial charge >= 0.3 is 0 Å². The van der Waals surface area contributed by atoms with Gasteiger partial charge in [-0.25, -0.2) is 0 Å². The van der Waals surface area contributed by atoms with Crippen LogP contribution in [0.15, 0.2) is 10.6 Å². The summed E-state index contributed by atoms with van der Waals surface area (Å²) in [6, 6.07) is 1.95. The van der Waals surface area contributed by atoms with E-state index in [2.05, 4.69) is 14.7 Å². The molecule has 168 valence electrons. The second-order valence-corrected chi connectivity index (χ2v) is 8.67. The molecule has 1 saturated heterocycles. The van der Waals surface area contributed by atoms with Crippen molar-refractivity contribution >= 4 is 11.8 Å². The van der Waals surface area contributed by atoms with E-state index in [-0.39, 0.29) is 23.7 Å². The summed E-state index contributed by atoms with van der Waals surface area (Å²) in [4.78, 5) is 33.0. The number of amides is 2. The first-order valence-corrected chi connectivity index (χ1v) is 10.9. The molecule has 2 aromatic rings. The van der Waals surface area contributed by atoms with E-state index in [9.17, 15) is 9.59 Å². The molecule has 3 heterocycles. The third-order valence-corrected chi connectivity index (χ3v) is 6.30. The first-order chi connectivity index (χ1) is 14.9. The lowest BCUT2D eigenvalue weighted by molar-refractivity contribution is -0.131. The number of nitrogens with zero attached hydrogens (tertiary/aromatic N) is 5. The summed E-state index contributed by atoms with van der Waals surface area (Å²) in [5.41, 5.74) is 2.76. The smallest absolute Gasteiger partial charge is 0.255 e. The minimum Gasteiger partial charge on any atom is -0.383 e. The number of carbonyl (C=O) groups is 2. The number of hydrogen-bond acceptors (Lipinski definition) is 6. The molecule has 0 radical (unpaired) electrons. The van der Waals surface area contributed by atoms with Crippen molar-refractivity contribution in [3.8, 4) is 0 Å². The van der Waals surface area contributed by atoms with Gasteiger partial charge in [0.25, 0.3) is 5.91 Å². The van der Waals surface area contributed by atoms with Crippen molar-refractivity contribution in [3.05, 3.63) is 34.7 Å². The Bertz CT molecular complexity index is 955. The van der Waals surface area contributed by atoms with Gasteiger partial charge in [-0.2, -0.15) is 4.98 Å². The summed E-state index contributed by atoms with van der Waals surface area (Å²) >= 11 is 0. The van der Waals surface area contributed by atoms with Crippen molar-refractivity contribution in [2.75, 3.05) is 40.4 Å². The first-order valence-electron chi connectivity index (χ1n) is 10.9. The van der Waals surface area contributed by atoms with Gasteiger partial charge in [0.2, 0.25) is 11.8 Å². The normalized spacial score (nSPS) is 16.5. The number of likely N-dealkylation sites (tertiary alicyclic amines) is 1. The SMILES string of the molecule is COCCn1c(C)cc(C(=O)N2CC(c3nc(CCN(C)C(=O)C4CC4)no3)C2)c1C. The topological polar surface area (TPSA) is 93.7 Å². The van der Waals surface area contributed by atoms with Crippen LogP contribution in [0.4, 0.5) is 0 Å². The van der Waals surface area contributed by atoms with E-state index in [4.69, 9.17) is 9.26 Å². The zero-order valence-electron chi connectivity index (χ0n) is 18.8. The molecular formula is C22H31N5O4. The molecule has 2 fully saturated rings. The molecule has 2 aromatic heterocycles. The Balaban J connectivity index is 1.29. The summed E-state index contributed by atoms with van der Waals surface area (Å²) < 4.78 is 12.7. The monoisotopic (exact) mass is 429 g/mol. The fourth-order valence-corrected chi connectivity index (χ4v) is 4.07. The average Bonchev–Trinajstić information content (AvgIpc) is 3.40. The molecule has 2 amide bonds. The van der Waals surface area contributed by atoms with Crippen LogP contribution in [0.25, 0.3) is 0 Å². The maximum Gasteiger partial charge on any atom is 0.255 e. The molecule has 0 spiro atoms. The van der Waals surface area contributed by atoms with E-state index in [1.165, 1.54) is 0 Å². The van der Waals surface area contributed by atoms with Crippen molar-refractivity contribution < 1.29 is 18.8 Å². The van der Waals surface area contributed by atoms with Gasteiger partial charge in [0.1, 0.15) is 0 Å². The van der Waals surface area contributed by atoms with E-state index >= 15 is 0 Å². The predicted octanol–water partition coefficient (Wildman–Crippen LogP) is 1.78. The maximum absolute atomic E-state index is 12.9. The molecule has 0 aromatic carbocycles. The summed E-state index contributed by atoms with van der Waals surface area (Å²) in [6.45, 7) is 7.05. The van der Waals surface area contributed by atoms with Crippen molar-refractivity contribution in [2.45, 2.75) is 45.6 Å². The van der Waals surface area contributed by atoms with Gasteiger partial charge in [-0.05, 0) is 32.8 Å². The molecule has 9 nitrogen and oxygen atoms in total. The minimum atomic E-state index is 0.0352. The van der Waals surface area contributed by atoms with Crippen molar-refractivity contribution in [2.24, 2.45) is 5.92 Å². The Morgan fingerprint density at radius 3 is 2.71 bits per heavy atom. The first kappa shape index (κ1) is 21.5. The Labute approximate surface area is 182 Å². The van der Waals surface area contributed by atoms with Crippen LogP contribution >= 0.6 is 0 Å². The van der Waals surface area contributed by atoms with Crippen molar-refractivity contribution in [3.63, 3.8) is 0 Å². The zero-order valence-corrected chi connectivity index (χ0v) is 18.8. The molecule has 1 aliphatic carbocycles. The third kappa shape index (κ3) is 4.51. The Hall–Kier alpha value is -2.68. The average molecular weight is 430 g/mol. The predicted molar refractivity (Wildman–Crippen MR) is 113 cm³/mol. The Morgan fingerprint density at radius 1 is 1.29 bits per heavy atom. The van der Waals surface area contributed by atoms with E-state index in [1.54, 1.807) is 12.0 Å². The van der Waals surface area contributed by atoms with E-state index in [1.807, 2.05) is 31.9 Å². The lowest BCUT2D eigenvalue weighted by Gasteiger charge is -2.37. The second-order valence-electron chi connectivity index (χ2n) is 8.67. The van der Waals surface area contributed by atoms with Gasteiger partial charge in [-0.3, -0.25) is 9.59 Å². The van der Waals surface area contributed by atoms with Gasteiger partial charge in [0.05, 0.1) is 18.1 Å². The van der Waals surface area contributed by atoms with Crippen LogP contribution < -0.4 is 0 Å². The summed E-state index contributed by atoms with van der Waals surface area (Å²) in [6.07, 6.45) is 2.58. The number of methoxy groups -OCH3 is 1. The number of hydrogen-bond donors (Lipinski definition) is 0. The minimum absolute atomic E-state index is 0.0352. The number of ether oxygens (including phenoxy) is 1. The number of aromatic nitrogens is 3. The van der Waals surface area contributed by atoms with E-state index < -0.39 is 0 Å². The Kier molecular flexibility index (Phi) is 6.13. The lowest BCUT2D eigenvalue weighted by atomic mass is 9.99. The zero-order chi connectivity index (χ0) is 22.1. The quantitative estimate of drug-likeness (QED) is 0.603. The highest BCUT2D eigenvalue weighted by molar-refractivity contribution is 5.96. The fraction of sp³-hybridized carbons (Fsp3) is 0.636. The number of carbonyl (C=O) groups excluding carboxylic acids is 2. The number of aryl methyl sites for hydroxylation is 1. The van der Waals surface area contributed by atoms with Gasteiger partial charge < -0.3 is 23.6 Å². The summed E-state index contributed by atoms with van der Waals surface area (Å²) in [7, 11) is 3.50. The molecule has 0 atom stereocenters. The molecule has 2 aliphatic rings.